The van der Waals surface area contributed by atoms with Crippen LogP contribution < -0.4 is 10.3 Å². The average Bonchev–Trinajstić information content (AvgIpc) is 2.53. The molecular weight excluding hydrogens is 363 g/mol. The Kier molecular flexibility index (Phi) is 4.39. The minimum absolute atomic E-state index is 0.173. The molecule has 0 radical (unpaired) electrons. The number of nitrogens with zero attached hydrogens (tertiary/aromatic N) is 2. The normalized spacial score (nSPS) is 11.2. The summed E-state index contributed by atoms with van der Waals surface area (Å²) in [5.41, 5.74) is 2.47. The third kappa shape index (κ3) is 2.83. The Bertz CT molecular complexity index is 1090. The maximum absolute atomic E-state index is 12.9. The number of aromatic nitrogens is 1. The molecule has 5 nitrogen and oxygen atoms in total. The predicted octanol–water partition coefficient (Wildman–Crippen LogP) is 3.92. The van der Waals surface area contributed by atoms with Gasteiger partial charge in [0.25, 0.3) is 0 Å². The summed E-state index contributed by atoms with van der Waals surface area (Å²) < 4.78 is 1.54. The van der Waals surface area contributed by atoms with Crippen LogP contribution in [0.5, 0.6) is 0 Å². The molecule has 130 valence electrons. The highest BCUT2D eigenvalue weighted by Crippen LogP contribution is 2.33. The highest BCUT2D eigenvalue weighted by atomic mass is 35.5. The second kappa shape index (κ2) is 6.24. The minimum atomic E-state index is -1.03. The van der Waals surface area contributed by atoms with Gasteiger partial charge < -0.3 is 14.6 Å². The van der Waals surface area contributed by atoms with Crippen molar-refractivity contribution in [1.29, 1.82) is 0 Å². The standard InChI is InChI=1S/C18H16Cl2N2O3/c1-9-6-11-14(7-13(9)21(2)3)22(8-15(23)24)17-10(18(11)25)4-5-12(19)16(17)20/h4-7H,8H2,1-3H3,(H,23,24). The molecule has 0 atom stereocenters. The monoisotopic (exact) mass is 378 g/mol. The van der Waals surface area contributed by atoms with Gasteiger partial charge in [0.1, 0.15) is 6.54 Å². The second-order valence-electron chi connectivity index (χ2n) is 6.12. The largest absolute Gasteiger partial charge is 0.480 e. The van der Waals surface area contributed by atoms with Gasteiger partial charge in [0.15, 0.2) is 5.43 Å². The zero-order valence-corrected chi connectivity index (χ0v) is 15.4. The zero-order valence-electron chi connectivity index (χ0n) is 13.9. The summed E-state index contributed by atoms with van der Waals surface area (Å²) in [4.78, 5) is 26.3. The van der Waals surface area contributed by atoms with Gasteiger partial charge in [-0.05, 0) is 36.8 Å². The quantitative estimate of drug-likeness (QED) is 0.701. The van der Waals surface area contributed by atoms with Crippen LogP contribution in [0.1, 0.15) is 5.56 Å². The van der Waals surface area contributed by atoms with Gasteiger partial charge in [0, 0.05) is 30.6 Å². The lowest BCUT2D eigenvalue weighted by Crippen LogP contribution is -2.18. The molecule has 7 heteroatoms. The Labute approximate surface area is 154 Å². The number of carbonyl (C=O) groups is 1. The van der Waals surface area contributed by atoms with Crippen LogP contribution in [-0.4, -0.2) is 29.7 Å². The van der Waals surface area contributed by atoms with Crippen LogP contribution in [0.2, 0.25) is 10.0 Å². The molecule has 1 heterocycles. The number of hydrogen-bond acceptors (Lipinski definition) is 3. The fourth-order valence-electron chi connectivity index (χ4n) is 3.12. The van der Waals surface area contributed by atoms with Crippen LogP contribution in [0.15, 0.2) is 29.1 Å². The number of aliphatic carboxylic acids is 1. The molecule has 25 heavy (non-hydrogen) atoms. The van der Waals surface area contributed by atoms with Crippen molar-refractivity contribution in [1.82, 2.24) is 4.57 Å². The summed E-state index contributed by atoms with van der Waals surface area (Å²) in [6, 6.07) is 6.73. The molecule has 0 amide bonds. The molecule has 0 saturated heterocycles. The van der Waals surface area contributed by atoms with Gasteiger partial charge in [-0.1, -0.05) is 23.2 Å². The number of benzene rings is 2. The molecule has 0 unspecified atom stereocenters. The summed E-state index contributed by atoms with van der Waals surface area (Å²) in [6.07, 6.45) is 0. The second-order valence-corrected chi connectivity index (χ2v) is 6.90. The molecule has 0 aliphatic carbocycles. The van der Waals surface area contributed by atoms with Crippen molar-refractivity contribution < 1.29 is 9.90 Å². The van der Waals surface area contributed by atoms with Crippen molar-refractivity contribution >= 4 is 56.7 Å². The van der Waals surface area contributed by atoms with Crippen molar-refractivity contribution in [3.63, 3.8) is 0 Å². The molecule has 3 rings (SSSR count). The van der Waals surface area contributed by atoms with Crippen molar-refractivity contribution in [3.8, 4) is 0 Å². The SMILES string of the molecule is Cc1cc2c(=O)c3ccc(Cl)c(Cl)c3n(CC(=O)O)c2cc1N(C)C. The van der Waals surface area contributed by atoms with Crippen LogP contribution >= 0.6 is 23.2 Å². The molecule has 2 aromatic carbocycles. The van der Waals surface area contributed by atoms with E-state index in [0.717, 1.165) is 11.3 Å². The Morgan fingerprint density at radius 1 is 1.20 bits per heavy atom. The van der Waals surface area contributed by atoms with Crippen molar-refractivity contribution in [2.24, 2.45) is 0 Å². The lowest BCUT2D eigenvalue weighted by Gasteiger charge is -2.20. The molecule has 3 aromatic rings. The topological polar surface area (TPSA) is 62.5 Å². The third-order valence-corrected chi connectivity index (χ3v) is 5.00. The van der Waals surface area contributed by atoms with Gasteiger partial charge in [-0.15, -0.1) is 0 Å². The predicted molar refractivity (Wildman–Crippen MR) is 102 cm³/mol. The summed E-state index contributed by atoms with van der Waals surface area (Å²) >= 11 is 12.4. The molecular formula is C18H16Cl2N2O3. The van der Waals surface area contributed by atoms with Crippen LogP contribution in [0.4, 0.5) is 5.69 Å². The van der Waals surface area contributed by atoms with Gasteiger partial charge in [0.2, 0.25) is 0 Å². The van der Waals surface area contributed by atoms with Gasteiger partial charge >= 0.3 is 5.97 Å². The van der Waals surface area contributed by atoms with E-state index in [1.807, 2.05) is 32.0 Å². The Balaban J connectivity index is 2.62. The van der Waals surface area contributed by atoms with E-state index in [1.165, 1.54) is 4.57 Å². The van der Waals surface area contributed by atoms with E-state index in [1.54, 1.807) is 18.2 Å². The molecule has 0 fully saturated rings. The molecule has 0 aliphatic heterocycles. The number of fused-ring (bicyclic) bond motifs is 2. The summed E-state index contributed by atoms with van der Waals surface area (Å²) in [7, 11) is 3.78. The first-order valence-electron chi connectivity index (χ1n) is 7.56. The molecule has 0 bridgehead atoms. The molecule has 0 aliphatic rings. The number of pyridine rings is 1. The fourth-order valence-corrected chi connectivity index (χ4v) is 3.54. The minimum Gasteiger partial charge on any atom is -0.480 e. The van der Waals surface area contributed by atoms with E-state index in [2.05, 4.69) is 0 Å². The zero-order chi connectivity index (χ0) is 18.5. The molecule has 1 N–H and O–H groups in total. The van der Waals surface area contributed by atoms with E-state index in [0.29, 0.717) is 21.8 Å². The Morgan fingerprint density at radius 3 is 2.48 bits per heavy atom. The van der Waals surface area contributed by atoms with Gasteiger partial charge in [0.05, 0.1) is 21.1 Å². The molecule has 0 saturated carbocycles. The highest BCUT2D eigenvalue weighted by Gasteiger charge is 2.18. The number of halogens is 2. The first-order chi connectivity index (χ1) is 11.7. The van der Waals surface area contributed by atoms with Crippen molar-refractivity contribution in [2.75, 3.05) is 19.0 Å². The van der Waals surface area contributed by atoms with Crippen LogP contribution in [-0.2, 0) is 11.3 Å². The number of carboxylic acids is 1. The van der Waals surface area contributed by atoms with E-state index in [-0.39, 0.29) is 22.0 Å². The van der Waals surface area contributed by atoms with Gasteiger partial charge in [-0.2, -0.15) is 0 Å². The lowest BCUT2D eigenvalue weighted by molar-refractivity contribution is -0.137. The number of hydrogen-bond donors (Lipinski definition) is 1. The van der Waals surface area contributed by atoms with Crippen molar-refractivity contribution in [2.45, 2.75) is 13.5 Å². The number of aryl methyl sites for hydroxylation is 1. The smallest absolute Gasteiger partial charge is 0.323 e. The van der Waals surface area contributed by atoms with E-state index in [9.17, 15) is 14.7 Å². The highest BCUT2D eigenvalue weighted by molar-refractivity contribution is 6.45. The maximum atomic E-state index is 12.9. The first-order valence-corrected chi connectivity index (χ1v) is 8.32. The first kappa shape index (κ1) is 17.6. The van der Waals surface area contributed by atoms with E-state index < -0.39 is 5.97 Å². The van der Waals surface area contributed by atoms with Crippen LogP contribution in [0.3, 0.4) is 0 Å². The van der Waals surface area contributed by atoms with E-state index in [4.69, 9.17) is 23.2 Å². The third-order valence-electron chi connectivity index (χ3n) is 4.21. The fraction of sp³-hybridized carbons (Fsp3) is 0.222. The number of carboxylic acid groups (broad SMARTS) is 1. The molecule has 0 spiro atoms. The summed E-state index contributed by atoms with van der Waals surface area (Å²) in [6.45, 7) is 1.58. The average molecular weight is 379 g/mol. The Hall–Kier alpha value is -2.24. The number of rotatable bonds is 3. The lowest BCUT2D eigenvalue weighted by atomic mass is 10.0. The Morgan fingerprint density at radius 2 is 1.88 bits per heavy atom. The van der Waals surface area contributed by atoms with Gasteiger partial charge in [-0.3, -0.25) is 9.59 Å². The molecule has 1 aromatic heterocycles. The van der Waals surface area contributed by atoms with Crippen LogP contribution in [0, 0.1) is 6.92 Å². The van der Waals surface area contributed by atoms with Gasteiger partial charge in [-0.25, -0.2) is 0 Å². The number of anilines is 1. The van der Waals surface area contributed by atoms with Crippen LogP contribution in [0.25, 0.3) is 21.8 Å². The summed E-state index contributed by atoms with van der Waals surface area (Å²) in [5.74, 6) is -1.03. The summed E-state index contributed by atoms with van der Waals surface area (Å²) in [5, 5.41) is 10.6. The van der Waals surface area contributed by atoms with E-state index >= 15 is 0 Å². The maximum Gasteiger partial charge on any atom is 0.323 e. The van der Waals surface area contributed by atoms with Crippen molar-refractivity contribution in [3.05, 3.63) is 50.1 Å².